The van der Waals surface area contributed by atoms with E-state index >= 15 is 0 Å². The summed E-state index contributed by atoms with van der Waals surface area (Å²) in [6, 6.07) is 0. The molecule has 2 heteroatoms. The van der Waals surface area contributed by atoms with Gasteiger partial charge in [0.25, 0.3) is 0 Å². The van der Waals surface area contributed by atoms with Crippen molar-refractivity contribution in [1.29, 1.82) is 0 Å². The van der Waals surface area contributed by atoms with E-state index in [0.29, 0.717) is 6.10 Å². The SMILES string of the molecule is [CH2]C(CCC(CCCCCCCCCCCCC)OC)OC. The van der Waals surface area contributed by atoms with Crippen LogP contribution in [0.25, 0.3) is 0 Å². The van der Waals surface area contributed by atoms with Gasteiger partial charge in [-0.2, -0.15) is 0 Å². The average Bonchev–Trinajstić information content (AvgIpc) is 2.54. The Bertz CT molecular complexity index is 206. The lowest BCUT2D eigenvalue weighted by atomic mass is 10.0. The van der Waals surface area contributed by atoms with Gasteiger partial charge in [-0.05, 0) is 26.2 Å². The predicted molar refractivity (Wildman–Crippen MR) is 97.3 cm³/mol. The van der Waals surface area contributed by atoms with Crippen LogP contribution in [0.3, 0.4) is 0 Å². The van der Waals surface area contributed by atoms with Crippen molar-refractivity contribution in [2.45, 2.75) is 109 Å². The smallest absolute Gasteiger partial charge is 0.0573 e. The Labute approximate surface area is 140 Å². The molecule has 0 rings (SSSR count). The third kappa shape index (κ3) is 14.8. The molecule has 0 aromatic heterocycles. The Hall–Kier alpha value is -0.0800. The molecule has 2 nitrogen and oxygen atoms in total. The van der Waals surface area contributed by atoms with Gasteiger partial charge in [0.2, 0.25) is 0 Å². The number of hydrogen-bond donors (Lipinski definition) is 0. The van der Waals surface area contributed by atoms with Crippen molar-refractivity contribution in [1.82, 2.24) is 0 Å². The van der Waals surface area contributed by atoms with Gasteiger partial charge in [-0.15, -0.1) is 0 Å². The zero-order valence-corrected chi connectivity index (χ0v) is 15.6. The lowest BCUT2D eigenvalue weighted by Crippen LogP contribution is -2.15. The lowest BCUT2D eigenvalue weighted by molar-refractivity contribution is 0.0622. The highest BCUT2D eigenvalue weighted by Crippen LogP contribution is 2.16. The van der Waals surface area contributed by atoms with Gasteiger partial charge in [0.05, 0.1) is 12.2 Å². The van der Waals surface area contributed by atoms with Crippen LogP contribution in [0.2, 0.25) is 0 Å². The summed E-state index contributed by atoms with van der Waals surface area (Å²) in [5.74, 6) is 0. The maximum Gasteiger partial charge on any atom is 0.0573 e. The molecular formula is C20H41O2. The number of ether oxygens (including phenoxy) is 2. The summed E-state index contributed by atoms with van der Waals surface area (Å²) in [7, 11) is 3.55. The molecule has 0 N–H and O–H groups in total. The van der Waals surface area contributed by atoms with E-state index in [1.807, 2.05) is 7.11 Å². The molecule has 0 saturated carbocycles. The molecule has 0 aromatic carbocycles. The fourth-order valence-electron chi connectivity index (χ4n) is 2.91. The normalized spacial score (nSPS) is 14.2. The maximum absolute atomic E-state index is 5.55. The standard InChI is InChI=1S/C20H41O2/c1-5-6-7-8-9-10-11-12-13-14-15-16-20(22-4)18-17-19(2)21-3/h19-20H,2,5-18H2,1,3-4H3. The second kappa shape index (κ2) is 17.3. The summed E-state index contributed by atoms with van der Waals surface area (Å²) in [5.41, 5.74) is 0. The summed E-state index contributed by atoms with van der Waals surface area (Å²) in [5, 5.41) is 0. The topological polar surface area (TPSA) is 18.5 Å². The molecule has 0 amide bonds. The minimum absolute atomic E-state index is 0.106. The molecule has 0 saturated heterocycles. The van der Waals surface area contributed by atoms with E-state index < -0.39 is 0 Å². The maximum atomic E-state index is 5.55. The van der Waals surface area contributed by atoms with Crippen LogP contribution in [0.15, 0.2) is 0 Å². The van der Waals surface area contributed by atoms with Crippen molar-refractivity contribution >= 4 is 0 Å². The Kier molecular flexibility index (Phi) is 17.2. The largest absolute Gasteiger partial charge is 0.381 e. The molecule has 22 heavy (non-hydrogen) atoms. The van der Waals surface area contributed by atoms with Crippen molar-refractivity contribution < 1.29 is 9.47 Å². The first-order valence-electron chi connectivity index (χ1n) is 9.63. The van der Waals surface area contributed by atoms with Crippen molar-refractivity contribution in [2.24, 2.45) is 0 Å². The van der Waals surface area contributed by atoms with Crippen LogP contribution >= 0.6 is 0 Å². The average molecular weight is 314 g/mol. The van der Waals surface area contributed by atoms with Crippen LogP contribution in [0.4, 0.5) is 0 Å². The zero-order chi connectivity index (χ0) is 16.5. The second-order valence-electron chi connectivity index (χ2n) is 6.62. The van der Waals surface area contributed by atoms with Gasteiger partial charge in [-0.3, -0.25) is 0 Å². The molecule has 1 radical (unpaired) electrons. The first-order valence-corrected chi connectivity index (χ1v) is 9.63. The van der Waals surface area contributed by atoms with E-state index in [2.05, 4.69) is 13.8 Å². The number of methoxy groups -OCH3 is 2. The highest BCUT2D eigenvalue weighted by molar-refractivity contribution is 4.65. The second-order valence-corrected chi connectivity index (χ2v) is 6.62. The Morgan fingerprint density at radius 3 is 1.59 bits per heavy atom. The summed E-state index contributed by atoms with van der Waals surface area (Å²) in [6.07, 6.45) is 19.1. The van der Waals surface area contributed by atoms with Crippen LogP contribution in [-0.4, -0.2) is 26.4 Å². The molecule has 0 aromatic rings. The molecule has 2 unspecified atom stereocenters. The van der Waals surface area contributed by atoms with Gasteiger partial charge in [-0.25, -0.2) is 0 Å². The lowest BCUT2D eigenvalue weighted by Gasteiger charge is -2.17. The first-order chi connectivity index (χ1) is 10.7. The Balaban J connectivity index is 3.29. The van der Waals surface area contributed by atoms with Crippen LogP contribution in [0.5, 0.6) is 0 Å². The Morgan fingerprint density at radius 2 is 1.14 bits per heavy atom. The summed E-state index contributed by atoms with van der Waals surface area (Å²) in [6.45, 7) is 6.23. The molecule has 0 aliphatic rings. The zero-order valence-electron chi connectivity index (χ0n) is 15.6. The summed E-state index contributed by atoms with van der Waals surface area (Å²) < 4.78 is 10.7. The van der Waals surface area contributed by atoms with Crippen molar-refractivity contribution in [2.75, 3.05) is 14.2 Å². The molecule has 0 aliphatic carbocycles. The molecule has 0 heterocycles. The third-order valence-electron chi connectivity index (χ3n) is 4.61. The van der Waals surface area contributed by atoms with Gasteiger partial charge in [0.15, 0.2) is 0 Å². The molecule has 0 fully saturated rings. The summed E-state index contributed by atoms with van der Waals surface area (Å²) in [4.78, 5) is 0. The Morgan fingerprint density at radius 1 is 0.636 bits per heavy atom. The van der Waals surface area contributed by atoms with E-state index in [1.54, 1.807) is 7.11 Å². The predicted octanol–water partition coefficient (Wildman–Crippen LogP) is 6.33. The first kappa shape index (κ1) is 21.9. The molecule has 0 bridgehead atoms. The van der Waals surface area contributed by atoms with E-state index in [1.165, 1.54) is 77.0 Å². The molecular weight excluding hydrogens is 272 g/mol. The van der Waals surface area contributed by atoms with Crippen molar-refractivity contribution in [3.8, 4) is 0 Å². The molecule has 133 valence electrons. The summed E-state index contributed by atoms with van der Waals surface area (Å²) >= 11 is 0. The highest BCUT2D eigenvalue weighted by atomic mass is 16.5. The van der Waals surface area contributed by atoms with Crippen molar-refractivity contribution in [3.05, 3.63) is 6.92 Å². The van der Waals surface area contributed by atoms with Crippen LogP contribution in [0, 0.1) is 6.92 Å². The third-order valence-corrected chi connectivity index (χ3v) is 4.61. The van der Waals surface area contributed by atoms with Gasteiger partial charge in [0, 0.05) is 14.2 Å². The monoisotopic (exact) mass is 313 g/mol. The number of rotatable bonds is 17. The molecule has 0 aliphatic heterocycles. The number of unbranched alkanes of at least 4 members (excludes halogenated alkanes) is 10. The van der Waals surface area contributed by atoms with E-state index in [9.17, 15) is 0 Å². The van der Waals surface area contributed by atoms with Crippen LogP contribution in [0.1, 0.15) is 96.8 Å². The van der Waals surface area contributed by atoms with Gasteiger partial charge in [0.1, 0.15) is 0 Å². The van der Waals surface area contributed by atoms with Gasteiger partial charge < -0.3 is 9.47 Å². The van der Waals surface area contributed by atoms with Crippen molar-refractivity contribution in [3.63, 3.8) is 0 Å². The molecule has 0 spiro atoms. The van der Waals surface area contributed by atoms with Gasteiger partial charge >= 0.3 is 0 Å². The van der Waals surface area contributed by atoms with Crippen LogP contribution in [-0.2, 0) is 9.47 Å². The molecule has 2 atom stereocenters. The fraction of sp³-hybridized carbons (Fsp3) is 0.950. The van der Waals surface area contributed by atoms with Crippen LogP contribution < -0.4 is 0 Å². The minimum Gasteiger partial charge on any atom is -0.381 e. The van der Waals surface area contributed by atoms with E-state index in [-0.39, 0.29) is 6.10 Å². The van der Waals surface area contributed by atoms with E-state index in [0.717, 1.165) is 12.8 Å². The highest BCUT2D eigenvalue weighted by Gasteiger charge is 2.09. The van der Waals surface area contributed by atoms with Gasteiger partial charge in [-0.1, -0.05) is 77.6 Å². The fourth-order valence-corrected chi connectivity index (χ4v) is 2.91. The quantitative estimate of drug-likeness (QED) is 0.292. The van der Waals surface area contributed by atoms with E-state index in [4.69, 9.17) is 9.47 Å². The minimum atomic E-state index is 0.106. The number of hydrogen-bond acceptors (Lipinski definition) is 2.